The highest BCUT2D eigenvalue weighted by molar-refractivity contribution is 5.92. The Bertz CT molecular complexity index is 1190. The van der Waals surface area contributed by atoms with Crippen molar-refractivity contribution in [3.63, 3.8) is 0 Å². The predicted molar refractivity (Wildman–Crippen MR) is 101 cm³/mol. The van der Waals surface area contributed by atoms with E-state index < -0.39 is 17.2 Å². The van der Waals surface area contributed by atoms with Crippen molar-refractivity contribution in [2.75, 3.05) is 6.54 Å². The molecule has 8 heteroatoms. The number of hydrogen-bond donors (Lipinski definition) is 2. The zero-order chi connectivity index (χ0) is 19.6. The molecule has 4 heterocycles. The number of fused-ring (bicyclic) bond motifs is 2. The van der Waals surface area contributed by atoms with E-state index in [0.717, 1.165) is 37.7 Å². The smallest absolute Gasteiger partial charge is 0.341 e. The van der Waals surface area contributed by atoms with Gasteiger partial charge in [-0.15, -0.1) is 0 Å². The summed E-state index contributed by atoms with van der Waals surface area (Å²) < 4.78 is 18.7. The van der Waals surface area contributed by atoms with Gasteiger partial charge in [0.2, 0.25) is 5.43 Å². The Morgan fingerprint density at radius 1 is 1.32 bits per heavy atom. The van der Waals surface area contributed by atoms with Gasteiger partial charge in [-0.1, -0.05) is 0 Å². The van der Waals surface area contributed by atoms with E-state index in [-0.39, 0.29) is 28.7 Å². The van der Waals surface area contributed by atoms with E-state index in [0.29, 0.717) is 11.2 Å². The molecular formula is C20H19FN4O3. The lowest BCUT2D eigenvalue weighted by Gasteiger charge is -2.22. The van der Waals surface area contributed by atoms with Gasteiger partial charge < -0.3 is 19.6 Å². The summed E-state index contributed by atoms with van der Waals surface area (Å²) in [4.78, 5) is 28.5. The zero-order valence-corrected chi connectivity index (χ0v) is 15.3. The summed E-state index contributed by atoms with van der Waals surface area (Å²) in [6.07, 6.45) is 5.00. The number of nitrogens with zero attached hydrogens (tertiary/aromatic N) is 3. The van der Waals surface area contributed by atoms with Crippen LogP contribution in [0, 0.1) is 5.82 Å². The lowest BCUT2D eigenvalue weighted by molar-refractivity contribution is 0.0695. The second kappa shape index (κ2) is 6.00. The fourth-order valence-corrected chi connectivity index (χ4v) is 3.96. The van der Waals surface area contributed by atoms with E-state index in [9.17, 15) is 19.1 Å². The Labute approximate surface area is 159 Å². The van der Waals surface area contributed by atoms with Gasteiger partial charge in [-0.05, 0) is 31.9 Å². The van der Waals surface area contributed by atoms with Crippen molar-refractivity contribution in [3.8, 4) is 11.3 Å². The molecule has 1 aliphatic heterocycles. The van der Waals surface area contributed by atoms with Crippen LogP contribution in [0.4, 0.5) is 4.39 Å². The normalized spacial score (nSPS) is 19.0. The van der Waals surface area contributed by atoms with Crippen LogP contribution < -0.4 is 10.7 Å². The lowest BCUT2D eigenvalue weighted by Crippen LogP contribution is -2.30. The molecule has 0 amide bonds. The number of halogens is 1. The van der Waals surface area contributed by atoms with Crippen LogP contribution in [0.2, 0.25) is 0 Å². The quantitative estimate of drug-likeness (QED) is 0.727. The van der Waals surface area contributed by atoms with E-state index in [4.69, 9.17) is 0 Å². The van der Waals surface area contributed by atoms with Crippen LogP contribution in [-0.2, 0) is 6.54 Å². The first-order chi connectivity index (χ1) is 13.4. The van der Waals surface area contributed by atoms with Gasteiger partial charge in [0.15, 0.2) is 0 Å². The van der Waals surface area contributed by atoms with Crippen molar-refractivity contribution in [2.24, 2.45) is 0 Å². The number of aromatic carboxylic acids is 1. The van der Waals surface area contributed by atoms with Gasteiger partial charge in [0.05, 0.1) is 5.39 Å². The van der Waals surface area contributed by atoms with Gasteiger partial charge in [0.1, 0.15) is 22.7 Å². The zero-order valence-electron chi connectivity index (χ0n) is 15.3. The summed E-state index contributed by atoms with van der Waals surface area (Å²) >= 11 is 0. The molecule has 2 aliphatic rings. The molecular weight excluding hydrogens is 363 g/mol. The minimum Gasteiger partial charge on any atom is -0.477 e. The highest BCUT2D eigenvalue weighted by atomic mass is 19.1. The first-order valence-corrected chi connectivity index (χ1v) is 9.36. The number of nitrogens with one attached hydrogen (secondary N) is 1. The van der Waals surface area contributed by atoms with E-state index in [2.05, 4.69) is 21.8 Å². The third-order valence-corrected chi connectivity index (χ3v) is 5.58. The molecule has 1 fully saturated rings. The molecule has 0 bridgehead atoms. The van der Waals surface area contributed by atoms with Crippen LogP contribution in [-0.4, -0.2) is 31.7 Å². The van der Waals surface area contributed by atoms with Crippen LogP contribution in [0.1, 0.15) is 47.9 Å². The lowest BCUT2D eigenvalue weighted by atomic mass is 10.1. The van der Waals surface area contributed by atoms with Crippen LogP contribution >= 0.6 is 0 Å². The molecule has 0 spiro atoms. The summed E-state index contributed by atoms with van der Waals surface area (Å²) in [5.41, 5.74) is 1.17. The molecule has 5 rings (SSSR count). The van der Waals surface area contributed by atoms with Crippen molar-refractivity contribution < 1.29 is 14.3 Å². The monoisotopic (exact) mass is 382 g/mol. The summed E-state index contributed by atoms with van der Waals surface area (Å²) in [6, 6.07) is 3.30. The number of hydrogen-bond acceptors (Lipinski definition) is 4. The van der Waals surface area contributed by atoms with Gasteiger partial charge in [-0.3, -0.25) is 4.79 Å². The van der Waals surface area contributed by atoms with Gasteiger partial charge >= 0.3 is 5.97 Å². The maximum Gasteiger partial charge on any atom is 0.341 e. The van der Waals surface area contributed by atoms with E-state index >= 15 is 0 Å². The topological polar surface area (TPSA) is 89.2 Å². The molecule has 0 aromatic carbocycles. The third kappa shape index (κ3) is 2.56. The Morgan fingerprint density at radius 3 is 2.79 bits per heavy atom. The molecule has 3 aromatic heterocycles. The Hall–Kier alpha value is -3.00. The SMILES string of the molecule is C[C@@H]1NCCn2cc(-c3nc4c(cc3F)c(=O)c(C(=O)O)cn4C3CC3)cc21. The van der Waals surface area contributed by atoms with Crippen LogP contribution in [0.5, 0.6) is 0 Å². The number of aromatic nitrogens is 3. The van der Waals surface area contributed by atoms with E-state index in [1.807, 2.05) is 12.3 Å². The fraction of sp³-hybridized carbons (Fsp3) is 0.350. The predicted octanol–water partition coefficient (Wildman–Crippen LogP) is 2.70. The minimum atomic E-state index is -1.31. The third-order valence-electron chi connectivity index (χ3n) is 5.58. The second-order valence-corrected chi connectivity index (χ2v) is 7.53. The van der Waals surface area contributed by atoms with Gasteiger partial charge in [0.25, 0.3) is 0 Å². The molecule has 144 valence electrons. The summed E-state index contributed by atoms with van der Waals surface area (Å²) in [6.45, 7) is 3.69. The standard InChI is InChI=1S/C20H19FN4O3/c1-10-16-6-11(8-24(16)5-4-22-10)17-15(21)7-13-18(26)14(20(27)28)9-25(12-2-3-12)19(13)23-17/h6-10,12,22H,2-5H2,1H3,(H,27,28)/t10-/m0/s1. The molecule has 28 heavy (non-hydrogen) atoms. The highest BCUT2D eigenvalue weighted by Crippen LogP contribution is 2.37. The first kappa shape index (κ1) is 17.1. The van der Waals surface area contributed by atoms with E-state index in [1.54, 1.807) is 4.57 Å². The number of carbonyl (C=O) groups is 1. The molecule has 1 saturated carbocycles. The average Bonchev–Trinajstić information content (AvgIpc) is 3.40. The molecule has 3 aromatic rings. The van der Waals surface area contributed by atoms with Crippen molar-refractivity contribution >= 4 is 17.0 Å². The summed E-state index contributed by atoms with van der Waals surface area (Å²) in [5.74, 6) is -1.94. The molecule has 7 nitrogen and oxygen atoms in total. The number of carboxylic acids is 1. The van der Waals surface area contributed by atoms with Crippen molar-refractivity contribution in [2.45, 2.75) is 38.4 Å². The van der Waals surface area contributed by atoms with Crippen LogP contribution in [0.3, 0.4) is 0 Å². The number of carboxylic acid groups (broad SMARTS) is 1. The highest BCUT2D eigenvalue weighted by Gasteiger charge is 2.28. The number of pyridine rings is 2. The molecule has 0 radical (unpaired) electrons. The van der Waals surface area contributed by atoms with Crippen molar-refractivity contribution in [3.05, 3.63) is 51.8 Å². The van der Waals surface area contributed by atoms with E-state index in [1.165, 1.54) is 6.20 Å². The Balaban J connectivity index is 1.75. The first-order valence-electron chi connectivity index (χ1n) is 9.36. The van der Waals surface area contributed by atoms with Gasteiger partial charge in [0, 0.05) is 48.8 Å². The minimum absolute atomic E-state index is 0.00653. The molecule has 0 saturated heterocycles. The van der Waals surface area contributed by atoms with Gasteiger partial charge in [-0.25, -0.2) is 14.2 Å². The van der Waals surface area contributed by atoms with Crippen LogP contribution in [0.25, 0.3) is 22.3 Å². The largest absolute Gasteiger partial charge is 0.477 e. The van der Waals surface area contributed by atoms with Crippen molar-refractivity contribution in [1.29, 1.82) is 0 Å². The Kier molecular flexibility index (Phi) is 3.67. The fourth-order valence-electron chi connectivity index (χ4n) is 3.96. The van der Waals surface area contributed by atoms with Gasteiger partial charge in [-0.2, -0.15) is 0 Å². The maximum absolute atomic E-state index is 14.9. The van der Waals surface area contributed by atoms with Crippen molar-refractivity contribution in [1.82, 2.24) is 19.4 Å². The molecule has 1 atom stereocenters. The average molecular weight is 382 g/mol. The van der Waals surface area contributed by atoms with Crippen LogP contribution in [0.15, 0.2) is 29.3 Å². The molecule has 0 unspecified atom stereocenters. The second-order valence-electron chi connectivity index (χ2n) is 7.53. The summed E-state index contributed by atoms with van der Waals surface area (Å²) in [7, 11) is 0. The Morgan fingerprint density at radius 2 is 2.11 bits per heavy atom. The molecule has 2 N–H and O–H groups in total. The maximum atomic E-state index is 14.9. The summed E-state index contributed by atoms with van der Waals surface area (Å²) in [5, 5.41) is 12.7. The molecule has 1 aliphatic carbocycles. The number of rotatable bonds is 3.